The number of likely N-dealkylation sites (tertiary alicyclic amines) is 1. The molecule has 1 amide bonds. The molecule has 1 aromatic carbocycles. The molecule has 2 rings (SSSR count). The zero-order valence-corrected chi connectivity index (χ0v) is 16.4. The number of nitriles is 1. The van der Waals surface area contributed by atoms with E-state index in [1.54, 1.807) is 17.0 Å². The quantitative estimate of drug-likeness (QED) is 0.651. The number of nitrogens with zero attached hydrogens (tertiary/aromatic N) is 2. The van der Waals surface area contributed by atoms with Crippen LogP contribution in [-0.4, -0.2) is 50.2 Å². The predicted octanol–water partition coefficient (Wildman–Crippen LogP) is 2.51. The van der Waals surface area contributed by atoms with Crippen molar-refractivity contribution in [3.05, 3.63) is 22.2 Å². The molecule has 0 atom stereocenters. The smallest absolute Gasteiger partial charge is 0.308 e. The van der Waals surface area contributed by atoms with Crippen LogP contribution < -0.4 is 9.47 Å². The van der Waals surface area contributed by atoms with Crippen LogP contribution in [0, 0.1) is 17.2 Å². The van der Waals surface area contributed by atoms with Gasteiger partial charge in [0, 0.05) is 19.2 Å². The maximum absolute atomic E-state index is 12.4. The van der Waals surface area contributed by atoms with E-state index in [4.69, 9.17) is 19.5 Å². The number of rotatable bonds is 6. The lowest BCUT2D eigenvalue weighted by atomic mass is 9.97. The molecule has 7 nitrogen and oxygen atoms in total. The third-order valence-electron chi connectivity index (χ3n) is 4.16. The highest BCUT2D eigenvalue weighted by Crippen LogP contribution is 2.36. The number of carbonyl (C=O) groups is 2. The first kappa shape index (κ1) is 20.0. The molecule has 140 valence electrons. The lowest BCUT2D eigenvalue weighted by Gasteiger charge is -2.30. The molecule has 0 radical (unpaired) electrons. The van der Waals surface area contributed by atoms with Crippen LogP contribution in [0.5, 0.6) is 11.5 Å². The van der Waals surface area contributed by atoms with Crippen LogP contribution in [-0.2, 0) is 14.3 Å². The summed E-state index contributed by atoms with van der Waals surface area (Å²) in [5.41, 5.74) is 0.434. The van der Waals surface area contributed by atoms with E-state index in [0.717, 1.165) is 0 Å². The number of hydrogen-bond acceptors (Lipinski definition) is 6. The fourth-order valence-electron chi connectivity index (χ4n) is 2.79. The number of hydrogen-bond donors (Lipinski definition) is 0. The summed E-state index contributed by atoms with van der Waals surface area (Å²) in [4.78, 5) is 25.6. The molecule has 1 aliphatic rings. The molecule has 1 aliphatic heterocycles. The van der Waals surface area contributed by atoms with E-state index in [2.05, 4.69) is 15.9 Å². The SMILES string of the molecule is CCOc1cc(C#N)cc(Br)c1OCC(=O)N1CCC(C(=O)OC)CC1. The number of halogens is 1. The molecule has 1 heterocycles. The lowest BCUT2D eigenvalue weighted by molar-refractivity contribution is -0.149. The number of benzene rings is 1. The first-order valence-electron chi connectivity index (χ1n) is 8.35. The van der Waals surface area contributed by atoms with Gasteiger partial charge in [0.15, 0.2) is 18.1 Å². The van der Waals surface area contributed by atoms with Crippen LogP contribution in [0.1, 0.15) is 25.3 Å². The number of methoxy groups -OCH3 is 1. The fraction of sp³-hybridized carbons (Fsp3) is 0.500. The molecule has 0 spiro atoms. The van der Waals surface area contributed by atoms with Gasteiger partial charge in [-0.05, 0) is 41.8 Å². The Balaban J connectivity index is 1.98. The van der Waals surface area contributed by atoms with E-state index in [9.17, 15) is 9.59 Å². The Hall–Kier alpha value is -2.27. The van der Waals surface area contributed by atoms with E-state index in [1.165, 1.54) is 7.11 Å². The van der Waals surface area contributed by atoms with Crippen LogP contribution in [0.3, 0.4) is 0 Å². The molecule has 0 aliphatic carbocycles. The maximum Gasteiger partial charge on any atom is 0.308 e. The molecule has 8 heteroatoms. The van der Waals surface area contributed by atoms with E-state index in [1.807, 2.05) is 13.0 Å². The first-order valence-corrected chi connectivity index (χ1v) is 9.14. The normalized spacial score (nSPS) is 14.5. The van der Waals surface area contributed by atoms with Gasteiger partial charge in [-0.3, -0.25) is 9.59 Å². The summed E-state index contributed by atoms with van der Waals surface area (Å²) in [5, 5.41) is 9.05. The van der Waals surface area contributed by atoms with E-state index in [-0.39, 0.29) is 24.4 Å². The van der Waals surface area contributed by atoms with Gasteiger partial charge in [0.05, 0.1) is 35.7 Å². The topological polar surface area (TPSA) is 88.9 Å². The molecular weight excluding hydrogens is 404 g/mol. The Morgan fingerprint density at radius 1 is 1.31 bits per heavy atom. The summed E-state index contributed by atoms with van der Waals surface area (Å²) in [6.07, 6.45) is 1.17. The average Bonchev–Trinajstić information content (AvgIpc) is 2.66. The van der Waals surface area contributed by atoms with Gasteiger partial charge >= 0.3 is 5.97 Å². The van der Waals surface area contributed by atoms with Gasteiger partial charge in [0.25, 0.3) is 5.91 Å². The number of piperidine rings is 1. The number of carbonyl (C=O) groups excluding carboxylic acids is 2. The van der Waals surface area contributed by atoms with Crippen molar-refractivity contribution in [1.82, 2.24) is 4.90 Å². The molecule has 1 aromatic rings. The van der Waals surface area contributed by atoms with E-state index < -0.39 is 0 Å². The standard InChI is InChI=1S/C18H21BrN2O5/c1-3-25-15-9-12(10-20)8-14(19)17(15)26-11-16(22)21-6-4-13(5-7-21)18(23)24-2/h8-9,13H,3-7,11H2,1-2H3. The van der Waals surface area contributed by atoms with Crippen molar-refractivity contribution >= 4 is 27.8 Å². The van der Waals surface area contributed by atoms with Crippen molar-refractivity contribution in [2.75, 3.05) is 33.4 Å². The van der Waals surface area contributed by atoms with Crippen LogP contribution in [0.4, 0.5) is 0 Å². The highest BCUT2D eigenvalue weighted by molar-refractivity contribution is 9.10. The minimum Gasteiger partial charge on any atom is -0.490 e. The summed E-state index contributed by atoms with van der Waals surface area (Å²) < 4.78 is 16.5. The van der Waals surface area contributed by atoms with Gasteiger partial charge in [-0.1, -0.05) is 0 Å². The zero-order valence-electron chi connectivity index (χ0n) is 14.8. The van der Waals surface area contributed by atoms with Crippen molar-refractivity contribution in [2.24, 2.45) is 5.92 Å². The van der Waals surface area contributed by atoms with Crippen molar-refractivity contribution < 1.29 is 23.8 Å². The van der Waals surface area contributed by atoms with E-state index in [0.29, 0.717) is 54.1 Å². The highest BCUT2D eigenvalue weighted by Gasteiger charge is 2.28. The molecule has 1 fully saturated rings. The Bertz CT molecular complexity index is 708. The summed E-state index contributed by atoms with van der Waals surface area (Å²) >= 11 is 3.35. The molecule has 0 N–H and O–H groups in total. The maximum atomic E-state index is 12.4. The third-order valence-corrected chi connectivity index (χ3v) is 4.75. The third kappa shape index (κ3) is 4.88. The van der Waals surface area contributed by atoms with Crippen LogP contribution >= 0.6 is 15.9 Å². The second-order valence-electron chi connectivity index (χ2n) is 5.80. The summed E-state index contributed by atoms with van der Waals surface area (Å²) in [6.45, 7) is 3.08. The number of esters is 1. The highest BCUT2D eigenvalue weighted by atomic mass is 79.9. The van der Waals surface area contributed by atoms with E-state index >= 15 is 0 Å². The zero-order chi connectivity index (χ0) is 19.1. The Morgan fingerprint density at radius 2 is 2.00 bits per heavy atom. The largest absolute Gasteiger partial charge is 0.490 e. The van der Waals surface area contributed by atoms with Crippen molar-refractivity contribution in [1.29, 1.82) is 5.26 Å². The molecule has 0 aromatic heterocycles. The van der Waals surface area contributed by atoms with Crippen molar-refractivity contribution in [2.45, 2.75) is 19.8 Å². The molecule has 0 saturated carbocycles. The second-order valence-corrected chi connectivity index (χ2v) is 6.65. The van der Waals surface area contributed by atoms with Crippen LogP contribution in [0.25, 0.3) is 0 Å². The Labute approximate surface area is 160 Å². The average molecular weight is 425 g/mol. The molecule has 26 heavy (non-hydrogen) atoms. The summed E-state index contributed by atoms with van der Waals surface area (Å²) in [5.74, 6) is 0.268. The van der Waals surface area contributed by atoms with Gasteiger partial charge < -0.3 is 19.1 Å². The first-order chi connectivity index (χ1) is 12.5. The van der Waals surface area contributed by atoms with Gasteiger partial charge in [0.1, 0.15) is 0 Å². The van der Waals surface area contributed by atoms with Gasteiger partial charge in [0.2, 0.25) is 0 Å². The Kier molecular flexibility index (Phi) is 7.27. The second kappa shape index (κ2) is 9.43. The summed E-state index contributed by atoms with van der Waals surface area (Å²) in [6, 6.07) is 5.24. The van der Waals surface area contributed by atoms with Gasteiger partial charge in [-0.25, -0.2) is 0 Å². The lowest BCUT2D eigenvalue weighted by Crippen LogP contribution is -2.42. The Morgan fingerprint density at radius 3 is 2.58 bits per heavy atom. The fourth-order valence-corrected chi connectivity index (χ4v) is 3.35. The molecule has 1 saturated heterocycles. The van der Waals surface area contributed by atoms with Gasteiger partial charge in [-0.2, -0.15) is 5.26 Å². The monoisotopic (exact) mass is 424 g/mol. The van der Waals surface area contributed by atoms with Crippen LogP contribution in [0.15, 0.2) is 16.6 Å². The molecular formula is C18H21BrN2O5. The van der Waals surface area contributed by atoms with Crippen molar-refractivity contribution in [3.8, 4) is 17.6 Å². The van der Waals surface area contributed by atoms with Gasteiger partial charge in [-0.15, -0.1) is 0 Å². The minimum atomic E-state index is -0.226. The number of ether oxygens (including phenoxy) is 3. The summed E-state index contributed by atoms with van der Waals surface area (Å²) in [7, 11) is 1.37. The minimum absolute atomic E-state index is 0.145. The molecule has 0 bridgehead atoms. The van der Waals surface area contributed by atoms with Crippen molar-refractivity contribution in [3.63, 3.8) is 0 Å². The number of amides is 1. The molecule has 0 unspecified atom stereocenters. The predicted molar refractivity (Wildman–Crippen MR) is 96.8 cm³/mol. The van der Waals surface area contributed by atoms with Crippen LogP contribution in [0.2, 0.25) is 0 Å².